The molecule has 5 heterocycles. The summed E-state index contributed by atoms with van der Waals surface area (Å²) in [6.07, 6.45) is 5.38. The number of nitrogen functional groups attached to an aromatic ring is 1. The molecule has 1 saturated carbocycles. The van der Waals surface area contributed by atoms with Crippen LogP contribution in [0, 0.1) is 5.82 Å². The number of aromatic nitrogens is 4. The van der Waals surface area contributed by atoms with E-state index in [0.29, 0.717) is 33.7 Å². The second-order valence-electron chi connectivity index (χ2n) is 10.7. The number of hydrogen-bond donors (Lipinski definition) is 3. The third-order valence-corrected chi connectivity index (χ3v) is 7.68. The average Bonchev–Trinajstić information content (AvgIpc) is 3.31. The molecular weight excluding hydrogens is 541 g/mol. The van der Waals surface area contributed by atoms with Gasteiger partial charge in [0.1, 0.15) is 11.6 Å². The van der Waals surface area contributed by atoms with Crippen molar-refractivity contribution in [3.05, 3.63) is 29.2 Å². The largest absolute Gasteiger partial charge is 0.446 e. The molecule has 11 nitrogen and oxygen atoms in total. The second kappa shape index (κ2) is 11.7. The molecule has 4 atom stereocenters. The van der Waals surface area contributed by atoms with Crippen LogP contribution in [0.4, 0.5) is 21.1 Å². The van der Waals surface area contributed by atoms with E-state index in [1.807, 2.05) is 6.07 Å². The molecule has 3 aromatic rings. The summed E-state index contributed by atoms with van der Waals surface area (Å²) in [5.74, 6) is 0.442. The smallest absolute Gasteiger partial charge is 0.407 e. The molecular formula is C27H35ClFN7O4. The number of carbonyl (C=O) groups excluding carboxylic acids is 1. The molecule has 4 fully saturated rings. The Bertz CT molecular complexity index is 1370. The lowest BCUT2D eigenvalue weighted by atomic mass is 9.95. The first kappa shape index (κ1) is 28.3. The van der Waals surface area contributed by atoms with Gasteiger partial charge < -0.3 is 35.1 Å². The highest BCUT2D eigenvalue weighted by atomic mass is 35.5. The van der Waals surface area contributed by atoms with Gasteiger partial charge in [-0.3, -0.25) is 0 Å². The monoisotopic (exact) mass is 575 g/mol. The number of ether oxygens (including phenoxy) is 2. The molecule has 40 heavy (non-hydrogen) atoms. The van der Waals surface area contributed by atoms with Crippen molar-refractivity contribution >= 4 is 40.6 Å². The summed E-state index contributed by atoms with van der Waals surface area (Å²) in [6.45, 7) is 5.67. The van der Waals surface area contributed by atoms with Crippen LogP contribution < -0.4 is 16.0 Å². The molecule has 4 aliphatic rings. The third-order valence-electron chi connectivity index (χ3n) is 7.40. The predicted molar refractivity (Wildman–Crippen MR) is 150 cm³/mol. The number of nitrogens with one attached hydrogen (secondary N) is 1. The molecule has 216 valence electrons. The van der Waals surface area contributed by atoms with E-state index in [4.69, 9.17) is 26.8 Å². The Morgan fingerprint density at radius 1 is 1.25 bits per heavy atom. The van der Waals surface area contributed by atoms with Crippen LogP contribution in [-0.2, 0) is 9.47 Å². The lowest BCUT2D eigenvalue weighted by Crippen LogP contribution is -2.58. The minimum atomic E-state index is -0.417. The fourth-order valence-electron chi connectivity index (χ4n) is 5.55. The van der Waals surface area contributed by atoms with Gasteiger partial charge in [-0.15, -0.1) is 0 Å². The number of fused-ring (bicyclic) bond motifs is 3. The maximum Gasteiger partial charge on any atom is 0.407 e. The number of aliphatic hydroxyl groups excluding tert-OH is 1. The van der Waals surface area contributed by atoms with E-state index in [0.717, 1.165) is 44.7 Å². The number of anilines is 2. The standard InChI is InChI=1S/C19H20ClFN6O.C8H15NO3/c1-9(2)27-15-4-10(16-13(20)6-23-18(22)24-16)3-14(21)17(15)25-19(27)26-7-11-5-12(8-26)28-11;1-9-8(11)12-7-4-2-3-6(10)5-7/h3-4,6,9,11-12H,5,7-8H2,1-2H3,(H2,22,23,24);6-7,10H,2-5H2,1H3,(H,9,11). The van der Waals surface area contributed by atoms with Gasteiger partial charge in [-0.05, 0) is 45.2 Å². The lowest BCUT2D eigenvalue weighted by Gasteiger charge is -2.47. The van der Waals surface area contributed by atoms with Gasteiger partial charge in [0.05, 0.1) is 40.7 Å². The molecule has 0 spiro atoms. The Labute approximate surface area is 236 Å². The first-order valence-corrected chi connectivity index (χ1v) is 14.0. The van der Waals surface area contributed by atoms with E-state index in [1.54, 1.807) is 0 Å². The molecule has 1 aromatic carbocycles. The molecule has 3 aliphatic heterocycles. The number of benzene rings is 1. The summed E-state index contributed by atoms with van der Waals surface area (Å²) in [4.78, 5) is 25.7. The highest BCUT2D eigenvalue weighted by molar-refractivity contribution is 6.33. The number of nitrogens with two attached hydrogens (primary N) is 1. The van der Waals surface area contributed by atoms with E-state index in [9.17, 15) is 9.90 Å². The molecule has 4 unspecified atom stereocenters. The summed E-state index contributed by atoms with van der Waals surface area (Å²) in [5.41, 5.74) is 7.69. The highest BCUT2D eigenvalue weighted by Gasteiger charge is 2.40. The minimum Gasteiger partial charge on any atom is -0.446 e. The number of imidazole rings is 1. The molecule has 0 radical (unpaired) electrons. The highest BCUT2D eigenvalue weighted by Crippen LogP contribution is 2.37. The third kappa shape index (κ3) is 5.93. The quantitative estimate of drug-likeness (QED) is 0.420. The molecule has 3 saturated heterocycles. The van der Waals surface area contributed by atoms with Crippen molar-refractivity contribution in [2.24, 2.45) is 0 Å². The van der Waals surface area contributed by atoms with E-state index in [1.165, 1.54) is 19.3 Å². The van der Waals surface area contributed by atoms with Crippen LogP contribution in [0.2, 0.25) is 5.02 Å². The van der Waals surface area contributed by atoms with E-state index >= 15 is 4.39 Å². The summed E-state index contributed by atoms with van der Waals surface area (Å²) in [5, 5.41) is 12.0. The van der Waals surface area contributed by atoms with Crippen molar-refractivity contribution in [3.8, 4) is 11.3 Å². The Balaban J connectivity index is 0.000000227. The SMILES string of the molecule is CC(C)n1c(N2CC3CC(C2)O3)nc2c(F)cc(-c3nc(N)ncc3Cl)cc21.CNC(=O)OC1CCCC(O)C1. The normalized spacial score (nSPS) is 23.8. The molecule has 4 N–H and O–H groups in total. The van der Waals surface area contributed by atoms with Crippen molar-refractivity contribution in [2.45, 2.75) is 76.4 Å². The van der Waals surface area contributed by atoms with Crippen LogP contribution in [0.25, 0.3) is 22.3 Å². The van der Waals surface area contributed by atoms with Gasteiger partial charge in [0, 0.05) is 44.6 Å². The molecule has 2 bridgehead atoms. The van der Waals surface area contributed by atoms with Crippen LogP contribution in [0.15, 0.2) is 18.3 Å². The minimum absolute atomic E-state index is 0.0884. The summed E-state index contributed by atoms with van der Waals surface area (Å²) in [6, 6.07) is 3.36. The van der Waals surface area contributed by atoms with Gasteiger partial charge in [0.15, 0.2) is 5.82 Å². The second-order valence-corrected chi connectivity index (χ2v) is 11.2. The van der Waals surface area contributed by atoms with Gasteiger partial charge in [0.2, 0.25) is 11.9 Å². The van der Waals surface area contributed by atoms with Crippen molar-refractivity contribution in [1.82, 2.24) is 24.8 Å². The first-order chi connectivity index (χ1) is 19.1. The van der Waals surface area contributed by atoms with Crippen LogP contribution in [0.5, 0.6) is 0 Å². The number of morpholine rings is 1. The molecule has 7 rings (SSSR count). The van der Waals surface area contributed by atoms with Crippen molar-refractivity contribution in [2.75, 3.05) is 30.8 Å². The topological polar surface area (TPSA) is 141 Å². The number of piperidine rings is 1. The Hall–Kier alpha value is -3.22. The van der Waals surface area contributed by atoms with E-state index < -0.39 is 11.9 Å². The van der Waals surface area contributed by atoms with Gasteiger partial charge in [-0.25, -0.2) is 24.1 Å². The summed E-state index contributed by atoms with van der Waals surface area (Å²) in [7, 11) is 1.53. The van der Waals surface area contributed by atoms with Crippen molar-refractivity contribution in [3.63, 3.8) is 0 Å². The lowest BCUT2D eigenvalue weighted by molar-refractivity contribution is -0.133. The molecule has 2 aromatic heterocycles. The first-order valence-electron chi connectivity index (χ1n) is 13.6. The fraction of sp³-hybridized carbons (Fsp3) is 0.556. The van der Waals surface area contributed by atoms with Crippen molar-refractivity contribution < 1.29 is 23.8 Å². The molecule has 1 aliphatic carbocycles. The van der Waals surface area contributed by atoms with Gasteiger partial charge >= 0.3 is 6.09 Å². The van der Waals surface area contributed by atoms with Gasteiger partial charge in [-0.2, -0.15) is 0 Å². The number of nitrogens with zero attached hydrogens (tertiary/aromatic N) is 5. The summed E-state index contributed by atoms with van der Waals surface area (Å²) >= 11 is 6.24. The van der Waals surface area contributed by atoms with Crippen LogP contribution in [0.3, 0.4) is 0 Å². The van der Waals surface area contributed by atoms with Gasteiger partial charge in [0.25, 0.3) is 0 Å². The van der Waals surface area contributed by atoms with Gasteiger partial charge in [-0.1, -0.05) is 11.6 Å². The maximum atomic E-state index is 15.0. The Kier molecular flexibility index (Phi) is 8.29. The zero-order chi connectivity index (χ0) is 28.6. The van der Waals surface area contributed by atoms with E-state index in [-0.39, 0.29) is 36.4 Å². The average molecular weight is 576 g/mol. The van der Waals surface area contributed by atoms with E-state index in [2.05, 4.69) is 43.6 Å². The number of rotatable bonds is 4. The number of hydrogen-bond acceptors (Lipinski definition) is 9. The summed E-state index contributed by atoms with van der Waals surface area (Å²) < 4.78 is 27.8. The van der Waals surface area contributed by atoms with Crippen molar-refractivity contribution in [1.29, 1.82) is 0 Å². The number of carbonyl (C=O) groups is 1. The number of halogens is 2. The molecule has 1 amide bonds. The number of amides is 1. The zero-order valence-electron chi connectivity index (χ0n) is 22.8. The predicted octanol–water partition coefficient (Wildman–Crippen LogP) is 4.07. The Morgan fingerprint density at radius 2 is 1.98 bits per heavy atom. The number of aliphatic hydroxyl groups is 1. The zero-order valence-corrected chi connectivity index (χ0v) is 23.6. The van der Waals surface area contributed by atoms with Crippen LogP contribution >= 0.6 is 11.6 Å². The maximum absolute atomic E-state index is 15.0. The Morgan fingerprint density at radius 3 is 2.62 bits per heavy atom. The molecule has 13 heteroatoms. The number of alkyl carbamates (subject to hydrolysis) is 1. The van der Waals surface area contributed by atoms with Crippen LogP contribution in [-0.4, -0.2) is 75.3 Å². The fourth-order valence-corrected chi connectivity index (χ4v) is 5.75. The van der Waals surface area contributed by atoms with Crippen LogP contribution in [0.1, 0.15) is 52.0 Å².